The predicted molar refractivity (Wildman–Crippen MR) is 201 cm³/mol. The SMILES string of the molecule is CC1(C)[C@H]2CC[C@@H](CN3C[C@@]4(CC[C@H]5[C@]67C=C[C@@]8(C=C6C(=O)c6ccc(-c9cc(C(F)(F)F)ccc9Cl)o6)C[C@@H](O)CC[C@]8(C)[C@H]7CC[C@@]54C)OC3=O)[C@@H]1C2. The summed E-state index contributed by atoms with van der Waals surface area (Å²) in [7, 11) is 0. The second-order valence-electron chi connectivity index (χ2n) is 19.9. The normalized spacial score (nSPS) is 43.4. The number of fused-ring (bicyclic) bond motifs is 4. The summed E-state index contributed by atoms with van der Waals surface area (Å²) in [5.41, 5.74) is -2.32. The summed E-state index contributed by atoms with van der Waals surface area (Å²) in [5.74, 6) is 1.84. The average molecular weight is 778 g/mol. The van der Waals surface area contributed by atoms with Crippen molar-refractivity contribution in [2.45, 2.75) is 110 Å². The van der Waals surface area contributed by atoms with E-state index < -0.39 is 39.7 Å². The van der Waals surface area contributed by atoms with E-state index in [0.29, 0.717) is 42.2 Å². The third-order valence-corrected chi connectivity index (χ3v) is 18.1. The van der Waals surface area contributed by atoms with Crippen molar-refractivity contribution in [1.29, 1.82) is 0 Å². The number of hydrogen-bond donors (Lipinski definition) is 1. The van der Waals surface area contributed by atoms with Gasteiger partial charge in [0.05, 0.1) is 23.2 Å². The number of carbonyl (C=O) groups excluding carboxylic acids is 2. The van der Waals surface area contributed by atoms with Crippen LogP contribution in [0.25, 0.3) is 11.3 Å². The zero-order valence-electron chi connectivity index (χ0n) is 32.1. The van der Waals surface area contributed by atoms with Crippen LogP contribution in [0, 0.1) is 56.7 Å². The highest BCUT2D eigenvalue weighted by Crippen LogP contribution is 2.79. The van der Waals surface area contributed by atoms with Gasteiger partial charge in [0, 0.05) is 33.9 Å². The number of benzene rings is 1. The van der Waals surface area contributed by atoms with Crippen molar-refractivity contribution >= 4 is 23.5 Å². The summed E-state index contributed by atoms with van der Waals surface area (Å²) in [6.45, 7) is 10.7. The molecule has 10 aliphatic rings. The molecule has 2 aromatic rings. The van der Waals surface area contributed by atoms with Crippen LogP contribution in [0.15, 0.2) is 58.6 Å². The Kier molecular flexibility index (Phi) is 7.48. The molecule has 0 unspecified atom stereocenters. The second-order valence-corrected chi connectivity index (χ2v) is 20.3. The number of alkyl halides is 3. The lowest BCUT2D eigenvalue weighted by Gasteiger charge is -2.71. The van der Waals surface area contributed by atoms with Gasteiger partial charge in [-0.25, -0.2) is 4.79 Å². The molecule has 2 heterocycles. The number of aliphatic hydroxyl groups is 1. The molecule has 11 atom stereocenters. The highest BCUT2D eigenvalue weighted by molar-refractivity contribution is 6.33. The van der Waals surface area contributed by atoms with Gasteiger partial charge in [0.1, 0.15) is 11.4 Å². The van der Waals surface area contributed by atoms with Gasteiger partial charge < -0.3 is 19.2 Å². The molecule has 4 bridgehead atoms. The third kappa shape index (κ3) is 4.60. The number of halogens is 4. The number of aliphatic hydroxyl groups excluding tert-OH is 1. The fourth-order valence-electron chi connectivity index (χ4n) is 14.6. The van der Waals surface area contributed by atoms with Crippen molar-refractivity contribution in [1.82, 2.24) is 4.90 Å². The molecule has 12 rings (SSSR count). The van der Waals surface area contributed by atoms with Crippen LogP contribution in [0.3, 0.4) is 0 Å². The van der Waals surface area contributed by atoms with Crippen molar-refractivity contribution in [2.75, 3.05) is 13.1 Å². The summed E-state index contributed by atoms with van der Waals surface area (Å²) in [5, 5.41) is 11.2. The van der Waals surface area contributed by atoms with E-state index in [1.54, 1.807) is 6.07 Å². The van der Waals surface area contributed by atoms with Crippen LogP contribution in [0.5, 0.6) is 0 Å². The van der Waals surface area contributed by atoms with Gasteiger partial charge in [-0.2, -0.15) is 13.2 Å². The topological polar surface area (TPSA) is 80.0 Å². The molecule has 9 aliphatic carbocycles. The number of rotatable bonds is 5. The Morgan fingerprint density at radius 2 is 1.71 bits per heavy atom. The summed E-state index contributed by atoms with van der Waals surface area (Å²) in [6.07, 6.45) is 10.3. The molecule has 0 radical (unpaired) electrons. The molecule has 1 amide bonds. The molecule has 55 heavy (non-hydrogen) atoms. The Labute approximate surface area is 325 Å². The van der Waals surface area contributed by atoms with Crippen LogP contribution in [0.2, 0.25) is 5.02 Å². The van der Waals surface area contributed by atoms with Gasteiger partial charge >= 0.3 is 12.3 Å². The Hall–Kier alpha value is -3.04. The first kappa shape index (κ1) is 36.3. The molecule has 6 nitrogen and oxygen atoms in total. The molecular formula is C45H51ClF3NO5. The van der Waals surface area contributed by atoms with Gasteiger partial charge in [0.25, 0.3) is 0 Å². The van der Waals surface area contributed by atoms with Crippen molar-refractivity contribution in [3.05, 3.63) is 70.5 Å². The maximum absolute atomic E-state index is 15.1. The molecular weight excluding hydrogens is 727 g/mol. The Morgan fingerprint density at radius 1 is 0.964 bits per heavy atom. The summed E-state index contributed by atoms with van der Waals surface area (Å²) < 4.78 is 53.9. The van der Waals surface area contributed by atoms with E-state index in [9.17, 15) is 23.1 Å². The first-order chi connectivity index (χ1) is 25.9. The zero-order valence-corrected chi connectivity index (χ0v) is 32.9. The fraction of sp³-hybridized carbons (Fsp3) is 0.644. The summed E-state index contributed by atoms with van der Waals surface area (Å²) >= 11 is 6.40. The number of Topliss-reactive ketones (excluding diaryl/α,β-unsaturated/α-hetero) is 1. The Morgan fingerprint density at radius 3 is 2.45 bits per heavy atom. The lowest BCUT2D eigenvalue weighted by atomic mass is 9.32. The molecule has 1 aromatic carbocycles. The molecule has 1 N–H and O–H groups in total. The second kappa shape index (κ2) is 11.3. The molecule has 10 heteroatoms. The Bertz CT molecular complexity index is 2070. The lowest BCUT2D eigenvalue weighted by molar-refractivity contribution is -0.164. The average Bonchev–Trinajstić information content (AvgIpc) is 3.83. The van der Waals surface area contributed by atoms with Crippen LogP contribution in [-0.2, 0) is 10.9 Å². The minimum Gasteiger partial charge on any atom is -0.453 e. The highest BCUT2D eigenvalue weighted by atomic mass is 35.5. The smallest absolute Gasteiger partial charge is 0.416 e. The van der Waals surface area contributed by atoms with Gasteiger partial charge in [-0.1, -0.05) is 57.5 Å². The maximum Gasteiger partial charge on any atom is 0.416 e. The first-order valence-corrected chi connectivity index (χ1v) is 20.9. The van der Waals surface area contributed by atoms with Crippen LogP contribution >= 0.6 is 11.6 Å². The number of amides is 1. The summed E-state index contributed by atoms with van der Waals surface area (Å²) in [4.78, 5) is 31.0. The zero-order chi connectivity index (χ0) is 38.7. The molecule has 294 valence electrons. The molecule has 1 aliphatic heterocycles. The molecule has 7 fully saturated rings. The van der Waals surface area contributed by atoms with Crippen molar-refractivity contribution in [2.24, 2.45) is 56.7 Å². The largest absolute Gasteiger partial charge is 0.453 e. The molecule has 6 saturated carbocycles. The number of hydrogen-bond acceptors (Lipinski definition) is 5. The van der Waals surface area contributed by atoms with Crippen molar-refractivity contribution in [3.8, 4) is 11.3 Å². The monoisotopic (exact) mass is 777 g/mol. The van der Waals surface area contributed by atoms with E-state index in [0.717, 1.165) is 63.1 Å². The van der Waals surface area contributed by atoms with E-state index in [1.807, 2.05) is 4.90 Å². The number of ether oxygens (including phenoxy) is 1. The van der Waals surface area contributed by atoms with E-state index in [2.05, 4.69) is 45.9 Å². The van der Waals surface area contributed by atoms with Crippen LogP contribution < -0.4 is 0 Å². The van der Waals surface area contributed by atoms with Crippen LogP contribution in [0.1, 0.15) is 108 Å². The van der Waals surface area contributed by atoms with Gasteiger partial charge in [-0.05, 0) is 135 Å². The first-order valence-electron chi connectivity index (χ1n) is 20.5. The van der Waals surface area contributed by atoms with E-state index in [1.165, 1.54) is 25.0 Å². The predicted octanol–water partition coefficient (Wildman–Crippen LogP) is 10.9. The molecule has 1 saturated heterocycles. The Balaban J connectivity index is 1.02. The van der Waals surface area contributed by atoms with Crippen LogP contribution in [-0.4, -0.2) is 46.7 Å². The van der Waals surface area contributed by atoms with Crippen LogP contribution in [0.4, 0.5) is 18.0 Å². The minimum atomic E-state index is -4.57. The number of carbonyl (C=O) groups is 2. The molecule has 1 aromatic heterocycles. The van der Waals surface area contributed by atoms with E-state index in [-0.39, 0.29) is 51.2 Å². The molecule has 3 spiro atoms. The lowest BCUT2D eigenvalue weighted by Crippen LogP contribution is -2.67. The van der Waals surface area contributed by atoms with Gasteiger partial charge in [0.2, 0.25) is 5.78 Å². The number of ketones is 1. The van der Waals surface area contributed by atoms with Gasteiger partial charge in [0.15, 0.2) is 5.76 Å². The number of allylic oxidation sites excluding steroid dienone is 4. The van der Waals surface area contributed by atoms with E-state index >= 15 is 4.79 Å². The van der Waals surface area contributed by atoms with Crippen molar-refractivity contribution in [3.63, 3.8) is 0 Å². The standard InChI is InChI=1S/C45H51ClF3NO5/c1-39(2)26-6-5-25(30(39)20-26)23-50-24-43(55-38(50)53)16-13-36-41(43,4)15-12-35-40(3)14-11-28(51)21-42(40)17-18-44(35,36)31(22-42)37(52)34-10-9-33(54-34)29-19-27(45(47,48)49)7-8-32(29)46/h7-10,17-19,22,25-26,28,30,35-36,51H,5-6,11-16,20-21,23-24H2,1-4H3/t25-,26-,28-,30-,35+,36+,40+,41-,42-,43+,44+/m0/s1. The summed E-state index contributed by atoms with van der Waals surface area (Å²) in [6, 6.07) is 6.15. The van der Waals surface area contributed by atoms with Gasteiger partial charge in [-0.3, -0.25) is 4.79 Å². The number of furan rings is 1. The maximum atomic E-state index is 15.1. The fourth-order valence-corrected chi connectivity index (χ4v) is 14.8. The van der Waals surface area contributed by atoms with Gasteiger partial charge in [-0.15, -0.1) is 0 Å². The number of nitrogens with zero attached hydrogens (tertiary/aromatic N) is 1. The van der Waals surface area contributed by atoms with Crippen molar-refractivity contribution < 1.29 is 37.0 Å². The quantitative estimate of drug-likeness (QED) is 0.242. The van der Waals surface area contributed by atoms with E-state index in [4.69, 9.17) is 20.8 Å². The third-order valence-electron chi connectivity index (χ3n) is 17.8. The minimum absolute atomic E-state index is 0.00623. The highest BCUT2D eigenvalue weighted by Gasteiger charge is 2.76.